The zero-order valence-electron chi connectivity index (χ0n) is 12.4. The Bertz CT molecular complexity index is 715. The van der Waals surface area contributed by atoms with Crippen LogP contribution >= 0.6 is 0 Å². The topological polar surface area (TPSA) is 0 Å². The quantitative estimate of drug-likeness (QED) is 0.361. The second kappa shape index (κ2) is 8.55. The highest BCUT2D eigenvalue weighted by atomic mass is 14.0. The molecule has 0 nitrogen and oxygen atoms in total. The summed E-state index contributed by atoms with van der Waals surface area (Å²) in [5, 5.41) is 2.62. The molecule has 0 bridgehead atoms. The molecular formula is C23H22. The maximum absolute atomic E-state index is 2.12. The maximum atomic E-state index is 2.12. The molecule has 0 aliphatic carbocycles. The van der Waals surface area contributed by atoms with Gasteiger partial charge in [-0.1, -0.05) is 117 Å². The average Bonchev–Trinajstić information content (AvgIpc) is 2.64. The molecular weight excluding hydrogens is 276 g/mol. The van der Waals surface area contributed by atoms with Gasteiger partial charge in [-0.05, 0) is 21.9 Å². The smallest absolute Gasteiger partial charge is 0.0184 e. The lowest BCUT2D eigenvalue weighted by molar-refractivity contribution is 1.62. The van der Waals surface area contributed by atoms with E-state index in [0.717, 1.165) is 0 Å². The van der Waals surface area contributed by atoms with Crippen molar-refractivity contribution in [2.45, 2.75) is 7.43 Å². The second-order valence-electron chi connectivity index (χ2n) is 5.08. The van der Waals surface area contributed by atoms with Crippen LogP contribution in [0.3, 0.4) is 0 Å². The molecule has 0 spiro atoms. The van der Waals surface area contributed by atoms with Gasteiger partial charge in [0.05, 0.1) is 0 Å². The number of hydrogen-bond donors (Lipinski definition) is 0. The lowest BCUT2D eigenvalue weighted by Crippen LogP contribution is -1.73. The Morgan fingerprint density at radius 1 is 0.304 bits per heavy atom. The largest absolute Gasteiger partial charge is 0.0776 e. The minimum absolute atomic E-state index is 0. The minimum atomic E-state index is 0. The molecule has 0 saturated carbocycles. The number of hydrogen-bond acceptors (Lipinski definition) is 0. The van der Waals surface area contributed by atoms with Crippen molar-refractivity contribution in [2.75, 3.05) is 0 Å². The van der Waals surface area contributed by atoms with Gasteiger partial charge in [-0.15, -0.1) is 0 Å². The highest BCUT2D eigenvalue weighted by molar-refractivity contribution is 5.82. The van der Waals surface area contributed by atoms with Crippen molar-refractivity contribution in [1.82, 2.24) is 0 Å². The first-order valence-electron chi connectivity index (χ1n) is 7.48. The molecule has 0 saturated heterocycles. The lowest BCUT2D eigenvalue weighted by atomic mass is 10.1. The van der Waals surface area contributed by atoms with Gasteiger partial charge < -0.3 is 0 Å². The molecule has 0 atom stereocenters. The average molecular weight is 298 g/mol. The van der Waals surface area contributed by atoms with Crippen LogP contribution in [0.1, 0.15) is 7.43 Å². The molecule has 4 rings (SSSR count). The van der Waals surface area contributed by atoms with Crippen molar-refractivity contribution >= 4 is 10.8 Å². The van der Waals surface area contributed by atoms with Crippen molar-refractivity contribution in [3.8, 4) is 11.1 Å². The predicted octanol–water partition coefficient (Wildman–Crippen LogP) is 6.83. The van der Waals surface area contributed by atoms with Gasteiger partial charge in [0.25, 0.3) is 0 Å². The van der Waals surface area contributed by atoms with E-state index in [4.69, 9.17) is 0 Å². The van der Waals surface area contributed by atoms with E-state index in [0.29, 0.717) is 0 Å². The number of benzene rings is 4. The van der Waals surface area contributed by atoms with Crippen LogP contribution in [0.5, 0.6) is 0 Å². The Kier molecular flexibility index (Phi) is 6.14. The highest BCUT2D eigenvalue weighted by Crippen LogP contribution is 2.17. The van der Waals surface area contributed by atoms with Crippen LogP contribution < -0.4 is 0 Å². The van der Waals surface area contributed by atoms with Crippen molar-refractivity contribution in [3.05, 3.63) is 109 Å². The zero-order valence-corrected chi connectivity index (χ0v) is 12.4. The van der Waals surface area contributed by atoms with E-state index in [-0.39, 0.29) is 7.43 Å². The van der Waals surface area contributed by atoms with E-state index in [1.807, 2.05) is 12.1 Å². The molecule has 0 amide bonds. The van der Waals surface area contributed by atoms with Crippen molar-refractivity contribution < 1.29 is 0 Å². The summed E-state index contributed by atoms with van der Waals surface area (Å²) < 4.78 is 0. The monoisotopic (exact) mass is 298 g/mol. The number of rotatable bonds is 1. The van der Waals surface area contributed by atoms with Gasteiger partial charge in [-0.3, -0.25) is 0 Å². The third-order valence-electron chi connectivity index (χ3n) is 3.54. The second-order valence-corrected chi connectivity index (χ2v) is 5.08. The summed E-state index contributed by atoms with van der Waals surface area (Å²) in [6.45, 7) is 0. The van der Waals surface area contributed by atoms with Gasteiger partial charge in [0.2, 0.25) is 0 Å². The fourth-order valence-electron chi connectivity index (χ4n) is 2.39. The molecule has 0 heterocycles. The Hall–Kier alpha value is -2.86. The summed E-state index contributed by atoms with van der Waals surface area (Å²) in [4.78, 5) is 0. The van der Waals surface area contributed by atoms with E-state index in [9.17, 15) is 0 Å². The molecule has 0 N–H and O–H groups in total. The van der Waals surface area contributed by atoms with Crippen molar-refractivity contribution in [3.63, 3.8) is 0 Å². The summed E-state index contributed by atoms with van der Waals surface area (Å²) in [5.41, 5.74) is 2.55. The van der Waals surface area contributed by atoms with Crippen LogP contribution in [0.2, 0.25) is 0 Å². The zero-order chi connectivity index (χ0) is 15.0. The summed E-state index contributed by atoms with van der Waals surface area (Å²) >= 11 is 0. The summed E-state index contributed by atoms with van der Waals surface area (Å²) in [6, 6.07) is 37.5. The van der Waals surface area contributed by atoms with E-state index in [1.54, 1.807) is 0 Å². The Labute approximate surface area is 139 Å². The van der Waals surface area contributed by atoms with Crippen LogP contribution in [0, 0.1) is 0 Å². The molecule has 0 heteroatoms. The van der Waals surface area contributed by atoms with E-state index in [2.05, 4.69) is 97.1 Å². The van der Waals surface area contributed by atoms with Gasteiger partial charge in [0.15, 0.2) is 0 Å². The Morgan fingerprint density at radius 2 is 0.565 bits per heavy atom. The standard InChI is InChI=1S/C12H10.C10H8.CH4/c1-3-7-11(8-4-1)12-9-5-2-6-10-12;1-2-6-10-8-4-3-7-9(10)5-1;/h1-10H;1-8H;1H4. The van der Waals surface area contributed by atoms with Crippen molar-refractivity contribution in [2.24, 2.45) is 0 Å². The summed E-state index contributed by atoms with van der Waals surface area (Å²) in [5.74, 6) is 0. The fourth-order valence-corrected chi connectivity index (χ4v) is 2.39. The molecule has 4 aromatic rings. The fraction of sp³-hybridized carbons (Fsp3) is 0.0435. The third-order valence-corrected chi connectivity index (χ3v) is 3.54. The normalized spacial score (nSPS) is 9.39. The van der Waals surface area contributed by atoms with Gasteiger partial charge in [-0.2, -0.15) is 0 Å². The van der Waals surface area contributed by atoms with Crippen LogP contribution in [-0.4, -0.2) is 0 Å². The van der Waals surface area contributed by atoms with Gasteiger partial charge in [0.1, 0.15) is 0 Å². The van der Waals surface area contributed by atoms with E-state index in [1.165, 1.54) is 21.9 Å². The maximum Gasteiger partial charge on any atom is -0.0184 e. The Morgan fingerprint density at radius 3 is 0.870 bits per heavy atom. The lowest BCUT2D eigenvalue weighted by Gasteiger charge is -1.98. The van der Waals surface area contributed by atoms with E-state index < -0.39 is 0 Å². The van der Waals surface area contributed by atoms with E-state index >= 15 is 0 Å². The number of fused-ring (bicyclic) bond motifs is 1. The molecule has 114 valence electrons. The van der Waals surface area contributed by atoms with Gasteiger partial charge >= 0.3 is 0 Å². The van der Waals surface area contributed by atoms with Crippen LogP contribution in [0.25, 0.3) is 21.9 Å². The minimum Gasteiger partial charge on any atom is -0.0776 e. The Balaban J connectivity index is 0.000000162. The van der Waals surface area contributed by atoms with Gasteiger partial charge in [-0.25, -0.2) is 0 Å². The molecule has 0 aromatic heterocycles. The van der Waals surface area contributed by atoms with Crippen LogP contribution in [-0.2, 0) is 0 Å². The summed E-state index contributed by atoms with van der Waals surface area (Å²) in [6.07, 6.45) is 0. The molecule has 23 heavy (non-hydrogen) atoms. The molecule has 0 fully saturated rings. The molecule has 0 radical (unpaired) electrons. The molecule has 0 unspecified atom stereocenters. The first-order valence-corrected chi connectivity index (χ1v) is 7.48. The molecule has 0 aliphatic heterocycles. The van der Waals surface area contributed by atoms with Gasteiger partial charge in [0, 0.05) is 0 Å². The first-order chi connectivity index (χ1) is 10.9. The third kappa shape index (κ3) is 4.55. The molecule has 0 aliphatic rings. The first kappa shape index (κ1) is 16.5. The SMILES string of the molecule is C.c1ccc(-c2ccccc2)cc1.c1ccc2ccccc2c1. The molecule has 4 aromatic carbocycles. The van der Waals surface area contributed by atoms with Crippen molar-refractivity contribution in [1.29, 1.82) is 0 Å². The summed E-state index contributed by atoms with van der Waals surface area (Å²) in [7, 11) is 0. The van der Waals surface area contributed by atoms with Crippen LogP contribution in [0.4, 0.5) is 0 Å². The van der Waals surface area contributed by atoms with Crippen LogP contribution in [0.15, 0.2) is 109 Å². The highest BCUT2D eigenvalue weighted by Gasteiger charge is 1.91. The predicted molar refractivity (Wildman–Crippen MR) is 103 cm³/mol.